The van der Waals surface area contributed by atoms with Crippen molar-refractivity contribution in [3.8, 4) is 5.75 Å². The van der Waals surface area contributed by atoms with Crippen LogP contribution in [0.2, 0.25) is 10.0 Å². The predicted octanol–water partition coefficient (Wildman–Crippen LogP) is 3.85. The molecule has 0 saturated carbocycles. The average molecular weight is 419 g/mol. The van der Waals surface area contributed by atoms with Crippen molar-refractivity contribution in [1.82, 2.24) is 0 Å². The van der Waals surface area contributed by atoms with Crippen molar-refractivity contribution in [3.05, 3.63) is 58.1 Å². The van der Waals surface area contributed by atoms with Crippen LogP contribution in [0.1, 0.15) is 51.3 Å². The summed E-state index contributed by atoms with van der Waals surface area (Å²) >= 11 is 12.2. The Morgan fingerprint density at radius 3 is 2.30 bits per heavy atom. The van der Waals surface area contributed by atoms with Crippen LogP contribution in [0, 0.1) is 5.92 Å². The van der Waals surface area contributed by atoms with Crippen LogP contribution < -0.4 is 28.9 Å². The minimum atomic E-state index is -0.0557. The van der Waals surface area contributed by atoms with Crippen LogP contribution in [0.15, 0.2) is 42.5 Å². The van der Waals surface area contributed by atoms with E-state index in [0.717, 1.165) is 24.1 Å². The largest absolute Gasteiger partial charge is 1.00 e. The molecular weight excluding hydrogens is 393 g/mol. The Labute approximate surface area is 187 Å². The molecule has 0 aliphatic heterocycles. The number of carbonyl (C=O) groups excluding carboxylic acids is 1. The Morgan fingerprint density at radius 1 is 1.11 bits per heavy atom. The number of rotatable bonds is 10. The molecule has 0 aliphatic rings. The van der Waals surface area contributed by atoms with Gasteiger partial charge in [0.1, 0.15) is 5.75 Å². The third kappa shape index (κ3) is 7.81. The summed E-state index contributed by atoms with van der Waals surface area (Å²) in [5.41, 5.74) is 0.344. The van der Waals surface area contributed by atoms with Gasteiger partial charge in [-0.2, -0.15) is 0 Å². The molecule has 6 heteroatoms. The molecule has 2 aromatic rings. The van der Waals surface area contributed by atoms with Crippen molar-refractivity contribution in [2.45, 2.75) is 39.5 Å². The second kappa shape index (κ2) is 12.9. The van der Waals surface area contributed by atoms with E-state index in [-0.39, 0.29) is 34.4 Å². The maximum absolute atomic E-state index is 12.5. The Bertz CT molecular complexity index is 709. The second-order valence-corrected chi connectivity index (χ2v) is 8.40. The summed E-state index contributed by atoms with van der Waals surface area (Å²) in [6.45, 7) is 5.16. The number of halogens is 2. The summed E-state index contributed by atoms with van der Waals surface area (Å²) < 4.78 is 5.91. The van der Waals surface area contributed by atoms with Crippen molar-refractivity contribution in [1.29, 1.82) is 0 Å². The van der Waals surface area contributed by atoms with Gasteiger partial charge in [-0.3, -0.25) is 4.79 Å². The molecule has 0 amide bonds. The minimum absolute atomic E-state index is 0. The first-order valence-electron chi connectivity index (χ1n) is 9.03. The Balaban J connectivity index is 0.00000364. The number of hydrogen-bond acceptors (Lipinski definition) is 2. The molecule has 0 aliphatic carbocycles. The predicted molar refractivity (Wildman–Crippen MR) is 115 cm³/mol. The van der Waals surface area contributed by atoms with Gasteiger partial charge in [-0.15, -0.1) is 0 Å². The van der Waals surface area contributed by atoms with Crippen LogP contribution >= 0.6 is 31.8 Å². The molecule has 27 heavy (non-hydrogen) atoms. The van der Waals surface area contributed by atoms with Crippen LogP contribution in [0.3, 0.4) is 0 Å². The maximum Gasteiger partial charge on any atom is 1.00 e. The summed E-state index contributed by atoms with van der Waals surface area (Å²) in [5.74, 6) is 1.44. The van der Waals surface area contributed by atoms with Crippen LogP contribution in [0.4, 0.5) is 0 Å². The molecule has 2 unspecified atom stereocenters. The molecule has 142 valence electrons. The third-order valence-corrected chi connectivity index (χ3v) is 6.06. The van der Waals surface area contributed by atoms with Gasteiger partial charge in [-0.25, -0.2) is 0 Å². The van der Waals surface area contributed by atoms with Gasteiger partial charge in [-0.1, -0.05) is 74.5 Å². The smallest absolute Gasteiger partial charge is 1.00 e. The van der Waals surface area contributed by atoms with E-state index in [1.165, 1.54) is 19.3 Å². The molecule has 0 fully saturated rings. The van der Waals surface area contributed by atoms with Crippen LogP contribution in [0.5, 0.6) is 5.75 Å². The van der Waals surface area contributed by atoms with Crippen molar-refractivity contribution in [2.75, 3.05) is 6.61 Å². The van der Waals surface area contributed by atoms with E-state index >= 15 is 0 Å². The standard InChI is InChI=1S/C21H25Cl2O2P.Li.H/c1-3-5-7-15(4-2)14-25-16-10-12-17(13-11-16)26-21(24)20-18(22)8-6-9-19(20)23;;/h6,8-13,15,26H,3-5,7,14H2,1-2H3;;/q;+1;-1. The molecule has 0 spiro atoms. The Kier molecular flexibility index (Phi) is 11.7. The molecule has 0 saturated heterocycles. The summed E-state index contributed by atoms with van der Waals surface area (Å²) in [5, 5.41) is 1.73. The molecular formula is C21H26Cl2LiO2P. The normalized spacial score (nSPS) is 12.0. The fourth-order valence-electron chi connectivity index (χ4n) is 2.66. The van der Waals surface area contributed by atoms with Crippen molar-refractivity contribution in [2.24, 2.45) is 5.92 Å². The zero-order chi connectivity index (χ0) is 18.9. The molecule has 0 bridgehead atoms. The van der Waals surface area contributed by atoms with E-state index in [1.807, 2.05) is 24.3 Å². The Morgan fingerprint density at radius 2 is 1.74 bits per heavy atom. The summed E-state index contributed by atoms with van der Waals surface area (Å²) in [7, 11) is -0.0212. The summed E-state index contributed by atoms with van der Waals surface area (Å²) in [4.78, 5) is 12.5. The molecule has 0 aromatic heterocycles. The zero-order valence-electron chi connectivity index (χ0n) is 17.2. The van der Waals surface area contributed by atoms with Crippen LogP contribution in [-0.4, -0.2) is 12.1 Å². The first-order chi connectivity index (χ1) is 12.5. The van der Waals surface area contributed by atoms with E-state index in [9.17, 15) is 4.79 Å². The SMILES string of the molecule is CCCCC(CC)COc1ccc(PC(=O)c2c(Cl)cccc2Cl)cc1.[H-].[Li+]. The van der Waals surface area contributed by atoms with Crippen molar-refractivity contribution in [3.63, 3.8) is 0 Å². The van der Waals surface area contributed by atoms with E-state index in [4.69, 9.17) is 27.9 Å². The summed E-state index contributed by atoms with van der Waals surface area (Å²) in [6.07, 6.45) is 4.80. The maximum atomic E-state index is 12.5. The number of hydrogen-bond donors (Lipinski definition) is 0. The van der Waals surface area contributed by atoms with E-state index < -0.39 is 0 Å². The number of carbonyl (C=O) groups is 1. The van der Waals surface area contributed by atoms with Gasteiger partial charge in [0, 0.05) is 0 Å². The Hall–Kier alpha value is -0.483. The van der Waals surface area contributed by atoms with Gasteiger partial charge in [-0.05, 0) is 50.5 Å². The zero-order valence-corrected chi connectivity index (χ0v) is 18.7. The first-order valence-corrected chi connectivity index (χ1v) is 10.8. The van der Waals surface area contributed by atoms with Gasteiger partial charge < -0.3 is 6.16 Å². The molecule has 0 radical (unpaired) electrons. The first kappa shape index (κ1) is 24.6. The van der Waals surface area contributed by atoms with Crippen LogP contribution in [-0.2, 0) is 0 Å². The van der Waals surface area contributed by atoms with E-state index in [1.54, 1.807) is 18.2 Å². The number of ether oxygens (including phenoxy) is 1. The number of benzene rings is 2. The van der Waals surface area contributed by atoms with E-state index in [0.29, 0.717) is 21.5 Å². The van der Waals surface area contributed by atoms with Gasteiger partial charge in [0.2, 0.25) is 0 Å². The van der Waals surface area contributed by atoms with Gasteiger partial charge in [0.05, 0.1) is 22.2 Å². The fraction of sp³-hybridized carbons (Fsp3) is 0.381. The van der Waals surface area contributed by atoms with Gasteiger partial charge in [0.25, 0.3) is 0 Å². The number of unbranched alkanes of at least 4 members (excludes halogenated alkanes) is 1. The third-order valence-electron chi connectivity index (χ3n) is 4.33. The second-order valence-electron chi connectivity index (χ2n) is 6.30. The molecule has 2 rings (SSSR count). The molecule has 2 nitrogen and oxygen atoms in total. The topological polar surface area (TPSA) is 26.3 Å². The monoisotopic (exact) mass is 418 g/mol. The molecule has 0 N–H and O–H groups in total. The van der Waals surface area contributed by atoms with Gasteiger partial charge >= 0.3 is 18.9 Å². The summed E-state index contributed by atoms with van der Waals surface area (Å²) in [6, 6.07) is 12.8. The fourth-order valence-corrected chi connectivity index (χ4v) is 4.37. The minimum Gasteiger partial charge on any atom is -1.00 e. The molecule has 2 atom stereocenters. The van der Waals surface area contributed by atoms with Gasteiger partial charge in [0.15, 0.2) is 5.52 Å². The quantitative estimate of drug-likeness (QED) is 0.432. The molecule has 2 aromatic carbocycles. The van der Waals surface area contributed by atoms with Crippen molar-refractivity contribution >= 4 is 42.6 Å². The van der Waals surface area contributed by atoms with E-state index in [2.05, 4.69) is 13.8 Å². The van der Waals surface area contributed by atoms with Crippen LogP contribution in [0.25, 0.3) is 0 Å². The van der Waals surface area contributed by atoms with Crippen molar-refractivity contribution < 1.29 is 29.8 Å². The average Bonchev–Trinajstić information content (AvgIpc) is 2.63. The molecule has 0 heterocycles.